The summed E-state index contributed by atoms with van der Waals surface area (Å²) in [6.45, 7) is 11.5. The number of nitrogens with one attached hydrogen (secondary N) is 1. The van der Waals surface area contributed by atoms with Gasteiger partial charge >= 0.3 is 0 Å². The topological polar surface area (TPSA) is 50.7 Å². The van der Waals surface area contributed by atoms with E-state index in [0.717, 1.165) is 49.1 Å². The van der Waals surface area contributed by atoms with Crippen LogP contribution in [0.1, 0.15) is 73.1 Å². The molecular formula is C31H38N2O2. The van der Waals surface area contributed by atoms with Crippen LogP contribution in [0.3, 0.4) is 0 Å². The van der Waals surface area contributed by atoms with Crippen molar-refractivity contribution in [2.45, 2.75) is 78.7 Å². The molecule has 0 aromatic heterocycles. The van der Waals surface area contributed by atoms with Gasteiger partial charge in [0.15, 0.2) is 5.78 Å². The minimum Gasteiger partial charge on any atom is -0.453 e. The number of hydrogen-bond donors (Lipinski definition) is 1. The third-order valence-electron chi connectivity index (χ3n) is 7.74. The van der Waals surface area contributed by atoms with Crippen molar-refractivity contribution in [1.82, 2.24) is 0 Å². The number of rotatable bonds is 3. The van der Waals surface area contributed by atoms with E-state index in [1.807, 2.05) is 60.7 Å². The Hall–Kier alpha value is -2.88. The van der Waals surface area contributed by atoms with Crippen LogP contribution in [-0.4, -0.2) is 17.4 Å². The maximum Gasteiger partial charge on any atom is 0.295 e. The zero-order valence-corrected chi connectivity index (χ0v) is 21.8. The number of anilines is 1. The Morgan fingerprint density at radius 1 is 0.800 bits per heavy atom. The number of carbonyl (C=O) groups is 1. The van der Waals surface area contributed by atoms with E-state index in [2.05, 4.69) is 39.9 Å². The molecule has 184 valence electrons. The maximum atomic E-state index is 13.8. The monoisotopic (exact) mass is 470 g/mol. The van der Waals surface area contributed by atoms with Crippen LogP contribution in [0.5, 0.6) is 0 Å². The summed E-state index contributed by atoms with van der Waals surface area (Å²) in [4.78, 5) is 18.7. The minimum atomic E-state index is -0.674. The fourth-order valence-electron chi connectivity index (χ4n) is 7.45. The molecule has 5 rings (SSSR count). The van der Waals surface area contributed by atoms with Gasteiger partial charge in [0.2, 0.25) is 0 Å². The summed E-state index contributed by atoms with van der Waals surface area (Å²) >= 11 is 0. The van der Waals surface area contributed by atoms with Crippen molar-refractivity contribution >= 4 is 23.2 Å². The van der Waals surface area contributed by atoms with Crippen molar-refractivity contribution in [3.63, 3.8) is 0 Å². The number of aliphatic imine (C=N–C) groups is 1. The highest BCUT2D eigenvalue weighted by Gasteiger charge is 2.59. The average molecular weight is 471 g/mol. The molecule has 1 fully saturated rings. The molecule has 0 radical (unpaired) electrons. The molecule has 4 heteroatoms. The van der Waals surface area contributed by atoms with Crippen LogP contribution >= 0.6 is 0 Å². The quantitative estimate of drug-likeness (QED) is 0.367. The van der Waals surface area contributed by atoms with E-state index in [4.69, 9.17) is 9.73 Å². The summed E-state index contributed by atoms with van der Waals surface area (Å²) in [7, 11) is 0. The Bertz CT molecular complexity index is 1180. The number of carbonyl (C=O) groups excluding carboxylic acids is 1. The first kappa shape index (κ1) is 23.8. The second kappa shape index (κ2) is 8.36. The number of hydrogen-bond acceptors (Lipinski definition) is 3. The van der Waals surface area contributed by atoms with Crippen LogP contribution in [0.15, 0.2) is 76.8 Å². The predicted octanol–water partition coefficient (Wildman–Crippen LogP) is 7.85. The first-order chi connectivity index (χ1) is 16.5. The first-order valence-corrected chi connectivity index (χ1v) is 12.9. The maximum absolute atomic E-state index is 13.8. The largest absolute Gasteiger partial charge is 0.453 e. The molecule has 2 atom stereocenters. The van der Waals surface area contributed by atoms with Gasteiger partial charge in [-0.2, -0.15) is 4.99 Å². The van der Waals surface area contributed by atoms with Crippen molar-refractivity contribution in [3.8, 4) is 0 Å². The third kappa shape index (κ3) is 4.94. The molecule has 4 nitrogen and oxygen atoms in total. The summed E-state index contributed by atoms with van der Waals surface area (Å²) in [6.07, 6.45) is 5.32. The molecule has 1 N–H and O–H groups in total. The molecule has 2 bridgehead atoms. The number of Topliss-reactive ketones (excluding diaryl/α,β-unsaturated/α-hetero) is 1. The van der Waals surface area contributed by atoms with Crippen molar-refractivity contribution in [2.75, 3.05) is 5.32 Å². The van der Waals surface area contributed by atoms with Gasteiger partial charge < -0.3 is 10.1 Å². The van der Waals surface area contributed by atoms with Crippen LogP contribution in [0, 0.1) is 16.2 Å². The second-order valence-electron chi connectivity index (χ2n) is 12.9. The van der Waals surface area contributed by atoms with Crippen LogP contribution in [0.4, 0.5) is 11.4 Å². The molecule has 3 aliphatic carbocycles. The number of amidine groups is 1. The van der Waals surface area contributed by atoms with Crippen LogP contribution in [0.2, 0.25) is 0 Å². The average Bonchev–Trinajstić information content (AvgIpc) is 2.71. The van der Waals surface area contributed by atoms with Gasteiger partial charge in [-0.1, -0.05) is 76.6 Å². The number of para-hydroxylation sites is 2. The molecule has 1 saturated carbocycles. The van der Waals surface area contributed by atoms with E-state index in [0.29, 0.717) is 12.4 Å². The summed E-state index contributed by atoms with van der Waals surface area (Å²) in [6, 6.07) is 20.3. The normalized spacial score (nSPS) is 29.4. The molecule has 0 heterocycles. The highest BCUT2D eigenvalue weighted by Crippen LogP contribution is 2.62. The second-order valence-corrected chi connectivity index (χ2v) is 12.9. The van der Waals surface area contributed by atoms with Crippen molar-refractivity contribution < 1.29 is 9.53 Å². The molecule has 2 aromatic carbocycles. The lowest BCUT2D eigenvalue weighted by Crippen LogP contribution is -2.57. The van der Waals surface area contributed by atoms with E-state index in [-0.39, 0.29) is 22.0 Å². The Morgan fingerprint density at radius 3 is 2.14 bits per heavy atom. The highest BCUT2D eigenvalue weighted by atomic mass is 16.5. The standard InChI is InChI=1S/C31H38N2O2/c1-28(2)16-22-17-30(5)19-29(3,4)20-31(21-30,26(22)25(34)18-28)35-27(32-23-12-8-6-9-13-23)33-24-14-10-7-11-15-24/h6-15H,16-21H2,1-5H3,(H,32,33)/t30-,31-/m1/s1. The summed E-state index contributed by atoms with van der Waals surface area (Å²) in [5.74, 6) is 0.259. The number of allylic oxidation sites excluding steroid dienone is 1. The summed E-state index contributed by atoms with van der Waals surface area (Å²) < 4.78 is 7.03. The summed E-state index contributed by atoms with van der Waals surface area (Å²) in [5, 5.41) is 3.43. The molecule has 35 heavy (non-hydrogen) atoms. The van der Waals surface area contributed by atoms with Gasteiger partial charge in [-0.3, -0.25) is 4.79 Å². The van der Waals surface area contributed by atoms with Crippen molar-refractivity contribution in [1.29, 1.82) is 0 Å². The number of ether oxygens (including phenoxy) is 1. The number of ketones is 1. The molecule has 0 amide bonds. The Labute approximate surface area is 209 Å². The minimum absolute atomic E-state index is 0.00211. The van der Waals surface area contributed by atoms with E-state index >= 15 is 0 Å². The number of benzene rings is 2. The van der Waals surface area contributed by atoms with Gasteiger partial charge in [-0.25, -0.2) is 0 Å². The lowest BCUT2D eigenvalue weighted by Gasteiger charge is -2.58. The molecule has 0 saturated heterocycles. The Balaban J connectivity index is 1.63. The SMILES string of the molecule is CC1(C)CC(=O)C2=C(C1)C[C@]1(C)CC(C)(C)C[C@@]2(OC(=Nc2ccccc2)Nc2ccccc2)C1. The third-order valence-corrected chi connectivity index (χ3v) is 7.74. The van der Waals surface area contributed by atoms with Gasteiger partial charge in [-0.15, -0.1) is 0 Å². The zero-order chi connectivity index (χ0) is 24.9. The Kier molecular flexibility index (Phi) is 5.69. The van der Waals surface area contributed by atoms with E-state index in [1.165, 1.54) is 5.57 Å². The van der Waals surface area contributed by atoms with Crippen LogP contribution < -0.4 is 5.32 Å². The lowest BCUT2D eigenvalue weighted by molar-refractivity contribution is -0.126. The molecule has 2 aromatic rings. The zero-order valence-electron chi connectivity index (χ0n) is 21.8. The van der Waals surface area contributed by atoms with Gasteiger partial charge in [0.1, 0.15) is 5.60 Å². The molecule has 3 aliphatic rings. The number of fused-ring (bicyclic) bond motifs is 3. The van der Waals surface area contributed by atoms with Crippen LogP contribution in [-0.2, 0) is 9.53 Å². The first-order valence-electron chi connectivity index (χ1n) is 12.9. The van der Waals surface area contributed by atoms with Gasteiger partial charge in [-0.05, 0) is 72.6 Å². The molecule has 0 aliphatic heterocycles. The number of nitrogens with zero attached hydrogens (tertiary/aromatic N) is 1. The van der Waals surface area contributed by atoms with E-state index in [9.17, 15) is 4.79 Å². The fourth-order valence-corrected chi connectivity index (χ4v) is 7.45. The molecular weight excluding hydrogens is 432 g/mol. The predicted molar refractivity (Wildman–Crippen MR) is 143 cm³/mol. The molecule has 0 unspecified atom stereocenters. The van der Waals surface area contributed by atoms with Gasteiger partial charge in [0.25, 0.3) is 6.02 Å². The van der Waals surface area contributed by atoms with E-state index < -0.39 is 5.60 Å². The smallest absolute Gasteiger partial charge is 0.295 e. The molecule has 0 spiro atoms. The summed E-state index contributed by atoms with van der Waals surface area (Å²) in [5.41, 5.74) is 3.47. The van der Waals surface area contributed by atoms with Gasteiger partial charge in [0.05, 0.1) is 5.69 Å². The Morgan fingerprint density at radius 2 is 1.46 bits per heavy atom. The van der Waals surface area contributed by atoms with Crippen molar-refractivity contribution in [3.05, 3.63) is 71.8 Å². The van der Waals surface area contributed by atoms with Crippen LogP contribution in [0.25, 0.3) is 0 Å². The fraction of sp³-hybridized carbons (Fsp3) is 0.484. The lowest BCUT2D eigenvalue weighted by atomic mass is 9.49. The highest BCUT2D eigenvalue weighted by molar-refractivity contribution is 6.01. The van der Waals surface area contributed by atoms with Crippen molar-refractivity contribution in [2.24, 2.45) is 21.2 Å². The van der Waals surface area contributed by atoms with E-state index in [1.54, 1.807) is 0 Å². The van der Waals surface area contributed by atoms with Gasteiger partial charge in [0, 0.05) is 17.7 Å².